The minimum atomic E-state index is 0.103. The highest BCUT2D eigenvalue weighted by molar-refractivity contribution is 7.17. The fraction of sp³-hybridized carbons (Fsp3) is 0.292. The Morgan fingerprint density at radius 1 is 1.04 bits per heavy atom. The summed E-state index contributed by atoms with van der Waals surface area (Å²) in [6.07, 6.45) is 0.936. The van der Waals surface area contributed by atoms with Gasteiger partial charge in [-0.1, -0.05) is 51.1 Å². The first-order valence-electron chi connectivity index (χ1n) is 9.57. The lowest BCUT2D eigenvalue weighted by Crippen LogP contribution is -2.23. The molecule has 0 aliphatic carbocycles. The summed E-state index contributed by atoms with van der Waals surface area (Å²) in [6, 6.07) is 16.4. The Bertz CT molecular complexity index is 1200. The van der Waals surface area contributed by atoms with Crippen molar-refractivity contribution < 1.29 is 4.74 Å². The second-order valence-electron chi connectivity index (χ2n) is 8.33. The quantitative estimate of drug-likeness (QED) is 0.407. The molecule has 0 saturated heterocycles. The molecule has 0 amide bonds. The van der Waals surface area contributed by atoms with Crippen LogP contribution >= 0.6 is 11.3 Å². The molecule has 0 saturated carbocycles. The van der Waals surface area contributed by atoms with Gasteiger partial charge in [0.1, 0.15) is 10.4 Å². The van der Waals surface area contributed by atoms with Gasteiger partial charge in [0, 0.05) is 22.9 Å². The number of nitrogens with zero attached hydrogens (tertiary/aromatic N) is 1. The Morgan fingerprint density at radius 3 is 2.46 bits per heavy atom. The Labute approximate surface area is 169 Å². The van der Waals surface area contributed by atoms with Crippen molar-refractivity contribution in [3.05, 3.63) is 64.3 Å². The molecule has 4 heteroatoms. The third kappa shape index (κ3) is 3.22. The predicted molar refractivity (Wildman–Crippen MR) is 120 cm³/mol. The summed E-state index contributed by atoms with van der Waals surface area (Å²) in [5.41, 5.74) is 3.38. The molecule has 28 heavy (non-hydrogen) atoms. The fourth-order valence-corrected chi connectivity index (χ4v) is 4.55. The normalized spacial score (nSPS) is 12.0. The van der Waals surface area contributed by atoms with Crippen molar-refractivity contribution in [3.63, 3.8) is 0 Å². The summed E-state index contributed by atoms with van der Waals surface area (Å²) < 4.78 is 8.50. The molecular weight excluding hydrogens is 366 g/mol. The van der Waals surface area contributed by atoms with Crippen molar-refractivity contribution in [3.8, 4) is 16.9 Å². The average Bonchev–Trinajstić information content (AvgIpc) is 3.17. The van der Waals surface area contributed by atoms with E-state index in [-0.39, 0.29) is 11.0 Å². The zero-order chi connectivity index (χ0) is 19.9. The summed E-state index contributed by atoms with van der Waals surface area (Å²) in [5.74, 6) is 0.826. The van der Waals surface area contributed by atoms with Crippen LogP contribution in [-0.4, -0.2) is 11.7 Å². The first kappa shape index (κ1) is 18.8. The van der Waals surface area contributed by atoms with Crippen LogP contribution in [0.4, 0.5) is 0 Å². The Hall–Kier alpha value is -2.59. The van der Waals surface area contributed by atoms with E-state index in [4.69, 9.17) is 4.74 Å². The molecule has 4 rings (SSSR count). The lowest BCUT2D eigenvalue weighted by molar-refractivity contribution is 0.351. The second-order valence-corrected chi connectivity index (χ2v) is 9.25. The van der Waals surface area contributed by atoms with E-state index in [0.717, 1.165) is 44.3 Å². The van der Waals surface area contributed by atoms with Gasteiger partial charge >= 0.3 is 0 Å². The molecule has 0 aliphatic heterocycles. The van der Waals surface area contributed by atoms with Crippen LogP contribution in [-0.2, 0) is 6.54 Å². The minimum Gasteiger partial charge on any atom is -0.496 e. The SMILES string of the molecule is COc1ccc2c(c1-c1ccccc1)c1ccsc1c(=O)n2CCC(C)(C)C. The molecule has 0 radical (unpaired) electrons. The van der Waals surface area contributed by atoms with Gasteiger partial charge in [-0.05, 0) is 41.0 Å². The van der Waals surface area contributed by atoms with Crippen molar-refractivity contribution in [2.24, 2.45) is 5.41 Å². The molecule has 144 valence electrons. The van der Waals surface area contributed by atoms with Crippen LogP contribution in [0.25, 0.3) is 32.1 Å². The Kier molecular flexibility index (Phi) is 4.76. The standard InChI is InChI=1S/C24H25NO2S/c1-24(2,3)13-14-25-18-10-11-19(27-4)20(16-8-6-5-7-9-16)21(18)17-12-15-28-22(17)23(25)26/h5-12,15H,13-14H2,1-4H3. The van der Waals surface area contributed by atoms with Crippen LogP contribution in [0.2, 0.25) is 0 Å². The van der Waals surface area contributed by atoms with E-state index >= 15 is 0 Å². The molecule has 2 aromatic heterocycles. The van der Waals surface area contributed by atoms with Gasteiger partial charge in [0.05, 0.1) is 12.6 Å². The van der Waals surface area contributed by atoms with Gasteiger partial charge in [-0.3, -0.25) is 4.79 Å². The van der Waals surface area contributed by atoms with E-state index < -0.39 is 0 Å². The van der Waals surface area contributed by atoms with Gasteiger partial charge < -0.3 is 9.30 Å². The third-order valence-electron chi connectivity index (χ3n) is 5.18. The molecular formula is C24H25NO2S. The van der Waals surface area contributed by atoms with Crippen LogP contribution < -0.4 is 10.3 Å². The van der Waals surface area contributed by atoms with Gasteiger partial charge in [0.25, 0.3) is 5.56 Å². The monoisotopic (exact) mass is 391 g/mol. The number of methoxy groups -OCH3 is 1. The van der Waals surface area contributed by atoms with Crippen LogP contribution in [0, 0.1) is 5.41 Å². The number of hydrogen-bond donors (Lipinski definition) is 0. The van der Waals surface area contributed by atoms with Gasteiger partial charge in [0.2, 0.25) is 0 Å². The maximum Gasteiger partial charge on any atom is 0.268 e. The van der Waals surface area contributed by atoms with Crippen molar-refractivity contribution in [1.29, 1.82) is 0 Å². The highest BCUT2D eigenvalue weighted by Crippen LogP contribution is 2.41. The van der Waals surface area contributed by atoms with Crippen LogP contribution in [0.15, 0.2) is 58.7 Å². The molecule has 0 N–H and O–H groups in total. The molecule has 0 unspecified atom stereocenters. The zero-order valence-electron chi connectivity index (χ0n) is 16.8. The van der Waals surface area contributed by atoms with Gasteiger partial charge in [-0.25, -0.2) is 0 Å². The number of benzene rings is 2. The summed E-state index contributed by atoms with van der Waals surface area (Å²) in [7, 11) is 1.70. The molecule has 4 aromatic rings. The van der Waals surface area contributed by atoms with E-state index in [2.05, 4.69) is 39.0 Å². The molecule has 0 spiro atoms. The van der Waals surface area contributed by atoms with Gasteiger partial charge in [-0.2, -0.15) is 0 Å². The van der Waals surface area contributed by atoms with Crippen LogP contribution in [0.3, 0.4) is 0 Å². The van der Waals surface area contributed by atoms with E-state index in [0.29, 0.717) is 6.54 Å². The van der Waals surface area contributed by atoms with E-state index in [1.54, 1.807) is 7.11 Å². The first-order chi connectivity index (χ1) is 13.4. The maximum atomic E-state index is 13.3. The topological polar surface area (TPSA) is 31.2 Å². The number of ether oxygens (including phenoxy) is 1. The molecule has 2 heterocycles. The first-order valence-corrected chi connectivity index (χ1v) is 10.4. The molecule has 3 nitrogen and oxygen atoms in total. The second kappa shape index (κ2) is 7.10. The highest BCUT2D eigenvalue weighted by atomic mass is 32.1. The summed E-state index contributed by atoms with van der Waals surface area (Å²) in [5, 5.41) is 4.11. The number of aryl methyl sites for hydroxylation is 1. The van der Waals surface area contributed by atoms with Crippen molar-refractivity contribution in [2.75, 3.05) is 7.11 Å². The van der Waals surface area contributed by atoms with Gasteiger partial charge in [0.15, 0.2) is 0 Å². The lowest BCUT2D eigenvalue weighted by Gasteiger charge is -2.21. The Morgan fingerprint density at radius 2 is 1.79 bits per heavy atom. The summed E-state index contributed by atoms with van der Waals surface area (Å²) >= 11 is 1.52. The minimum absolute atomic E-state index is 0.103. The number of thiophene rings is 1. The predicted octanol–water partition coefficient (Wildman–Crippen LogP) is 6.33. The van der Waals surface area contributed by atoms with E-state index in [1.165, 1.54) is 11.3 Å². The van der Waals surface area contributed by atoms with Crippen molar-refractivity contribution in [1.82, 2.24) is 4.57 Å². The number of aromatic nitrogens is 1. The van der Waals surface area contributed by atoms with E-state index in [9.17, 15) is 4.79 Å². The van der Waals surface area contributed by atoms with Crippen LogP contribution in [0.1, 0.15) is 27.2 Å². The molecule has 0 atom stereocenters. The fourth-order valence-electron chi connectivity index (χ4n) is 3.70. The highest BCUT2D eigenvalue weighted by Gasteiger charge is 2.20. The summed E-state index contributed by atoms with van der Waals surface area (Å²) in [6.45, 7) is 7.33. The average molecular weight is 392 g/mol. The van der Waals surface area contributed by atoms with Crippen LogP contribution in [0.5, 0.6) is 5.75 Å². The zero-order valence-corrected chi connectivity index (χ0v) is 17.6. The van der Waals surface area contributed by atoms with Gasteiger partial charge in [-0.15, -0.1) is 11.3 Å². The van der Waals surface area contributed by atoms with Crippen molar-refractivity contribution in [2.45, 2.75) is 33.7 Å². The van der Waals surface area contributed by atoms with E-state index in [1.807, 2.05) is 40.3 Å². The number of hydrogen-bond acceptors (Lipinski definition) is 3. The van der Waals surface area contributed by atoms with Crippen molar-refractivity contribution >= 4 is 32.3 Å². The summed E-state index contributed by atoms with van der Waals surface area (Å²) in [4.78, 5) is 13.3. The number of pyridine rings is 1. The molecule has 2 aromatic carbocycles. The number of rotatable bonds is 4. The third-order valence-corrected chi connectivity index (χ3v) is 6.08. The Balaban J connectivity index is 2.12. The molecule has 0 aliphatic rings. The molecule has 0 bridgehead atoms. The maximum absolute atomic E-state index is 13.3. The smallest absolute Gasteiger partial charge is 0.268 e. The largest absolute Gasteiger partial charge is 0.496 e. The lowest BCUT2D eigenvalue weighted by atomic mass is 9.92. The molecule has 0 fully saturated rings. The number of fused-ring (bicyclic) bond motifs is 3.